The zero-order valence-corrected chi connectivity index (χ0v) is 9.97. The van der Waals surface area contributed by atoms with Gasteiger partial charge >= 0.3 is 13.6 Å². The van der Waals surface area contributed by atoms with E-state index in [2.05, 4.69) is 5.32 Å². The maximum atomic E-state index is 11.4. The van der Waals surface area contributed by atoms with Crippen molar-refractivity contribution in [3.8, 4) is 0 Å². The van der Waals surface area contributed by atoms with Crippen molar-refractivity contribution < 1.29 is 29.0 Å². The Morgan fingerprint density at radius 2 is 2.18 bits per heavy atom. The lowest BCUT2D eigenvalue weighted by atomic mass is 10.2. The third-order valence-corrected chi connectivity index (χ3v) is 3.33. The van der Waals surface area contributed by atoms with Crippen molar-refractivity contribution in [1.29, 1.82) is 0 Å². The molecule has 9 heteroatoms. The molecule has 1 rings (SSSR count). The predicted molar refractivity (Wildman–Crippen MR) is 57.5 cm³/mol. The monoisotopic (exact) mass is 266 g/mol. The Balaban J connectivity index is 2.43. The molecule has 0 radical (unpaired) electrons. The van der Waals surface area contributed by atoms with Crippen molar-refractivity contribution >= 4 is 19.5 Å². The summed E-state index contributed by atoms with van der Waals surface area (Å²) in [5, 5.41) is 11.3. The Labute approximate surface area is 97.8 Å². The van der Waals surface area contributed by atoms with Gasteiger partial charge in [-0.3, -0.25) is 19.5 Å². The SMILES string of the molecule is O=C(O)C1CN(CCCP(=O)(O)O)C(=O)CN1. The fourth-order valence-electron chi connectivity index (χ4n) is 1.56. The van der Waals surface area contributed by atoms with E-state index >= 15 is 0 Å². The number of nitrogens with one attached hydrogen (secondary N) is 1. The van der Waals surface area contributed by atoms with Crippen molar-refractivity contribution in [1.82, 2.24) is 10.2 Å². The normalized spacial score (nSPS) is 21.6. The Bertz CT molecular complexity index is 354. The Kier molecular flexibility index (Phi) is 4.64. The van der Waals surface area contributed by atoms with E-state index in [1.165, 1.54) is 4.90 Å². The number of amides is 1. The molecular weight excluding hydrogens is 251 g/mol. The highest BCUT2D eigenvalue weighted by Gasteiger charge is 2.29. The van der Waals surface area contributed by atoms with Crippen LogP contribution >= 0.6 is 7.60 Å². The van der Waals surface area contributed by atoms with Gasteiger partial charge in [0, 0.05) is 13.1 Å². The molecule has 1 heterocycles. The topological polar surface area (TPSA) is 127 Å². The molecule has 8 nitrogen and oxygen atoms in total. The van der Waals surface area contributed by atoms with Crippen LogP contribution in [0.5, 0.6) is 0 Å². The minimum atomic E-state index is -4.06. The van der Waals surface area contributed by atoms with Crippen LogP contribution in [0.1, 0.15) is 6.42 Å². The summed E-state index contributed by atoms with van der Waals surface area (Å²) < 4.78 is 10.6. The van der Waals surface area contributed by atoms with E-state index in [0.717, 1.165) is 0 Å². The molecule has 0 saturated carbocycles. The predicted octanol–water partition coefficient (Wildman–Crippen LogP) is -1.56. The Hall–Kier alpha value is -0.950. The molecule has 0 aliphatic carbocycles. The van der Waals surface area contributed by atoms with Gasteiger partial charge in [0.05, 0.1) is 12.7 Å². The minimum absolute atomic E-state index is 0.0231. The van der Waals surface area contributed by atoms with Gasteiger partial charge in [0.2, 0.25) is 5.91 Å². The summed E-state index contributed by atoms with van der Waals surface area (Å²) in [6.45, 7) is 0.123. The van der Waals surface area contributed by atoms with E-state index in [1.807, 2.05) is 0 Å². The van der Waals surface area contributed by atoms with Crippen LogP contribution in [0.4, 0.5) is 0 Å². The maximum Gasteiger partial charge on any atom is 0.325 e. The van der Waals surface area contributed by atoms with Gasteiger partial charge in [-0.15, -0.1) is 0 Å². The molecule has 1 amide bonds. The van der Waals surface area contributed by atoms with Crippen LogP contribution < -0.4 is 5.32 Å². The van der Waals surface area contributed by atoms with Gasteiger partial charge in [0.25, 0.3) is 0 Å². The first kappa shape index (κ1) is 14.1. The van der Waals surface area contributed by atoms with E-state index in [4.69, 9.17) is 14.9 Å². The van der Waals surface area contributed by atoms with Crippen LogP contribution in [0.15, 0.2) is 0 Å². The van der Waals surface area contributed by atoms with E-state index in [0.29, 0.717) is 0 Å². The second-order valence-corrected chi connectivity index (χ2v) is 5.63. The lowest BCUT2D eigenvalue weighted by Crippen LogP contribution is -2.57. The summed E-state index contributed by atoms with van der Waals surface area (Å²) in [6.07, 6.45) is -0.149. The number of hydrogen-bond donors (Lipinski definition) is 4. The quantitative estimate of drug-likeness (QED) is 0.443. The molecular formula is C8H15N2O6P. The number of aliphatic carboxylic acids is 1. The maximum absolute atomic E-state index is 11.4. The van der Waals surface area contributed by atoms with Crippen LogP contribution in [-0.4, -0.2) is 63.5 Å². The number of carbonyl (C=O) groups is 2. The zero-order chi connectivity index (χ0) is 13.1. The summed E-state index contributed by atoms with van der Waals surface area (Å²) >= 11 is 0. The third-order valence-electron chi connectivity index (χ3n) is 2.43. The van der Waals surface area contributed by atoms with E-state index in [9.17, 15) is 14.2 Å². The van der Waals surface area contributed by atoms with Crippen molar-refractivity contribution in [2.24, 2.45) is 0 Å². The van der Waals surface area contributed by atoms with E-state index in [-0.39, 0.29) is 38.1 Å². The average Bonchev–Trinajstić information content (AvgIpc) is 2.18. The van der Waals surface area contributed by atoms with Crippen molar-refractivity contribution in [2.75, 3.05) is 25.8 Å². The molecule has 1 atom stereocenters. The molecule has 1 fully saturated rings. The fourth-order valence-corrected chi connectivity index (χ4v) is 2.11. The highest BCUT2D eigenvalue weighted by molar-refractivity contribution is 7.51. The summed E-state index contributed by atoms with van der Waals surface area (Å²) in [4.78, 5) is 40.7. The number of carbonyl (C=O) groups excluding carboxylic acids is 1. The molecule has 0 aromatic heterocycles. The van der Waals surface area contributed by atoms with Crippen molar-refractivity contribution in [2.45, 2.75) is 12.5 Å². The van der Waals surface area contributed by atoms with E-state index < -0.39 is 19.6 Å². The smallest absolute Gasteiger partial charge is 0.325 e. The van der Waals surface area contributed by atoms with Crippen LogP contribution in [-0.2, 0) is 14.2 Å². The van der Waals surface area contributed by atoms with Gasteiger partial charge < -0.3 is 19.8 Å². The lowest BCUT2D eigenvalue weighted by Gasteiger charge is -2.31. The molecule has 1 aliphatic heterocycles. The summed E-state index contributed by atoms with van der Waals surface area (Å²) in [5.41, 5.74) is 0. The summed E-state index contributed by atoms with van der Waals surface area (Å²) in [7, 11) is -4.06. The molecule has 17 heavy (non-hydrogen) atoms. The highest BCUT2D eigenvalue weighted by atomic mass is 31.2. The number of carboxylic acids is 1. The van der Waals surface area contributed by atoms with Crippen LogP contribution in [0.2, 0.25) is 0 Å². The number of hydrogen-bond acceptors (Lipinski definition) is 4. The summed E-state index contributed by atoms with van der Waals surface area (Å²) in [5.74, 6) is -1.30. The number of rotatable bonds is 5. The molecule has 0 bridgehead atoms. The Morgan fingerprint density at radius 3 is 2.71 bits per heavy atom. The van der Waals surface area contributed by atoms with Gasteiger partial charge in [-0.25, -0.2) is 0 Å². The molecule has 98 valence electrons. The lowest BCUT2D eigenvalue weighted by molar-refractivity contribution is -0.144. The number of nitrogens with zero attached hydrogens (tertiary/aromatic N) is 1. The number of carboxylic acid groups (broad SMARTS) is 1. The van der Waals surface area contributed by atoms with Crippen LogP contribution in [0.25, 0.3) is 0 Å². The molecule has 0 spiro atoms. The van der Waals surface area contributed by atoms with Gasteiger partial charge in [0.15, 0.2) is 0 Å². The van der Waals surface area contributed by atoms with Gasteiger partial charge in [-0.1, -0.05) is 0 Å². The van der Waals surface area contributed by atoms with Crippen molar-refractivity contribution in [3.05, 3.63) is 0 Å². The number of piperazine rings is 1. The molecule has 1 unspecified atom stereocenters. The van der Waals surface area contributed by atoms with E-state index in [1.54, 1.807) is 0 Å². The fraction of sp³-hybridized carbons (Fsp3) is 0.750. The second kappa shape index (κ2) is 5.59. The second-order valence-electron chi connectivity index (χ2n) is 3.85. The molecule has 4 N–H and O–H groups in total. The standard InChI is InChI=1S/C8H15N2O6P/c11-7-4-9-6(8(12)13)5-10(7)2-1-3-17(14,15)16/h6,9H,1-5H2,(H,12,13)(H2,14,15,16). The minimum Gasteiger partial charge on any atom is -0.480 e. The van der Waals surface area contributed by atoms with Crippen LogP contribution in [0, 0.1) is 0 Å². The summed E-state index contributed by atoms with van der Waals surface area (Å²) in [6, 6.07) is -0.817. The zero-order valence-electron chi connectivity index (χ0n) is 9.07. The molecule has 0 aromatic rings. The van der Waals surface area contributed by atoms with Crippen LogP contribution in [0.3, 0.4) is 0 Å². The van der Waals surface area contributed by atoms with Gasteiger partial charge in [0.1, 0.15) is 6.04 Å². The highest BCUT2D eigenvalue weighted by Crippen LogP contribution is 2.34. The average molecular weight is 266 g/mol. The first-order chi connectivity index (χ1) is 7.79. The van der Waals surface area contributed by atoms with Crippen molar-refractivity contribution in [3.63, 3.8) is 0 Å². The molecule has 1 saturated heterocycles. The molecule has 1 aliphatic rings. The third kappa shape index (κ3) is 4.82. The van der Waals surface area contributed by atoms with Gasteiger partial charge in [-0.05, 0) is 6.42 Å². The first-order valence-corrected chi connectivity index (χ1v) is 6.88. The first-order valence-electron chi connectivity index (χ1n) is 5.08. The Morgan fingerprint density at radius 1 is 1.53 bits per heavy atom. The molecule has 0 aromatic carbocycles. The van der Waals surface area contributed by atoms with Gasteiger partial charge in [-0.2, -0.15) is 0 Å². The largest absolute Gasteiger partial charge is 0.480 e.